The molecule has 0 aliphatic carbocycles. The van der Waals surface area contributed by atoms with E-state index >= 15 is 0 Å². The third-order valence-corrected chi connectivity index (χ3v) is 5.93. The SMILES string of the molecule is CN(CC[O-])CC[O-].CN(CC[O-])CC[O-].C[O-].C[O-].O=C([O-])c1ccccc1.O=C([O-])c1ccccc1.O=C([O-])c1ccccc1.O=C([O-])c1ccccc1.O=[N+]([O-])[O-].O=[N+]([O-])[O-].[Cr+4].[Cr+4].[Ho+3].[Ho+3]. The van der Waals surface area contributed by atoms with E-state index in [9.17, 15) is 60.0 Å². The van der Waals surface area contributed by atoms with E-state index < -0.39 is 34.1 Å². The van der Waals surface area contributed by atoms with Gasteiger partial charge in [-0.15, -0.1) is 26.4 Å². The predicted octanol–water partition coefficient (Wildman–Crippen LogP) is -7.05. The first kappa shape index (κ1) is 87.5. The van der Waals surface area contributed by atoms with E-state index in [1.54, 1.807) is 96.7 Å². The summed E-state index contributed by atoms with van der Waals surface area (Å²) in [6, 6.07) is 32.3. The van der Waals surface area contributed by atoms with Gasteiger partial charge in [-0.1, -0.05) is 121 Å². The molecule has 0 spiro atoms. The summed E-state index contributed by atoms with van der Waals surface area (Å²) in [5.41, 5.74) is 0.880. The van der Waals surface area contributed by atoms with Gasteiger partial charge in [0.1, 0.15) is 0 Å². The Hall–Kier alpha value is -3.58. The Balaban J connectivity index is -0.0000000701. The van der Waals surface area contributed by atoms with Gasteiger partial charge in [0.25, 0.3) is 0 Å². The fourth-order valence-corrected chi connectivity index (χ4v) is 3.14. The van der Waals surface area contributed by atoms with Crippen LogP contribution in [0.15, 0.2) is 121 Å². The second kappa shape index (κ2) is 67.7. The Morgan fingerprint density at radius 2 is 0.500 bits per heavy atom. The van der Waals surface area contributed by atoms with E-state index in [1.165, 1.54) is 48.5 Å². The number of carbonyl (C=O) groups is 4. The largest absolute Gasteiger partial charge is 4.00 e. The van der Waals surface area contributed by atoms with Crippen LogP contribution in [-0.2, 0) is 34.7 Å². The van der Waals surface area contributed by atoms with Gasteiger partial charge in [0, 0.05) is 0 Å². The maximum absolute atomic E-state index is 10.1. The van der Waals surface area contributed by atoms with Crippen molar-refractivity contribution in [1.29, 1.82) is 0 Å². The molecule has 0 aliphatic rings. The van der Waals surface area contributed by atoms with E-state index in [0.29, 0.717) is 26.2 Å². The number of nitrogens with zero attached hydrogens (tertiary/aromatic N) is 4. The summed E-state index contributed by atoms with van der Waals surface area (Å²) in [5.74, 6) is -4.52. The zero-order chi connectivity index (χ0) is 50.7. The van der Waals surface area contributed by atoms with E-state index in [4.69, 9.17) is 40.9 Å². The summed E-state index contributed by atoms with van der Waals surface area (Å²) in [6.45, 7) is 1.49. The zero-order valence-corrected chi connectivity index (χ0v) is 43.0. The number of hydrogen-bond donors (Lipinski definition) is 0. The van der Waals surface area contributed by atoms with Crippen LogP contribution in [-0.4, -0.2) is 125 Å². The quantitative estimate of drug-likeness (QED) is 0.0722. The summed E-state index contributed by atoms with van der Waals surface area (Å²) in [6.07, 6.45) is 0. The predicted molar refractivity (Wildman–Crippen MR) is 210 cm³/mol. The first-order chi connectivity index (χ1) is 30.3. The van der Waals surface area contributed by atoms with Crippen LogP contribution in [0.2, 0.25) is 0 Å². The Labute approximate surface area is 474 Å². The third-order valence-electron chi connectivity index (χ3n) is 5.93. The van der Waals surface area contributed by atoms with Crippen molar-refractivity contribution in [3.05, 3.63) is 174 Å². The summed E-state index contributed by atoms with van der Waals surface area (Å²) in [5, 5.41) is 126. The smallest absolute Gasteiger partial charge is 0.857 e. The van der Waals surface area contributed by atoms with Crippen molar-refractivity contribution < 1.29 is 191 Å². The van der Waals surface area contributed by atoms with E-state index in [2.05, 4.69) is 0 Å². The van der Waals surface area contributed by atoms with Gasteiger partial charge in [-0.2, -0.15) is 14.2 Å². The maximum atomic E-state index is 10.1. The van der Waals surface area contributed by atoms with Crippen molar-refractivity contribution >= 4 is 23.9 Å². The molecule has 68 heavy (non-hydrogen) atoms. The first-order valence-corrected chi connectivity index (χ1v) is 17.5. The number of carboxylic acid groups (broad SMARTS) is 4. The molecule has 0 atom stereocenters. The van der Waals surface area contributed by atoms with Crippen molar-refractivity contribution in [2.45, 2.75) is 0 Å². The van der Waals surface area contributed by atoms with Gasteiger partial charge in [0.2, 0.25) is 0 Å². The topological polar surface area (TPSA) is 438 Å². The van der Waals surface area contributed by atoms with Crippen LogP contribution in [0.4, 0.5) is 0 Å². The number of aromatic carboxylic acids is 4. The summed E-state index contributed by atoms with van der Waals surface area (Å²) in [7, 11) is 5.05. The average Bonchev–Trinajstić information content (AvgIpc) is 3.27. The van der Waals surface area contributed by atoms with Crippen LogP contribution in [0.1, 0.15) is 41.4 Å². The van der Waals surface area contributed by atoms with E-state index in [0.717, 1.165) is 14.2 Å². The van der Waals surface area contributed by atoms with Crippen LogP contribution in [0.5, 0.6) is 0 Å². The van der Waals surface area contributed by atoms with Gasteiger partial charge in [-0.25, -0.2) is 0 Å². The van der Waals surface area contributed by atoms with Crippen LogP contribution in [0, 0.1) is 106 Å². The zero-order valence-electron chi connectivity index (χ0n) is 36.6. The van der Waals surface area contributed by atoms with Crippen LogP contribution in [0.3, 0.4) is 0 Å². The minimum Gasteiger partial charge on any atom is -0.857 e. The number of likely N-dealkylation sites (N-methyl/N-ethyl adjacent to an activating group) is 2. The molecule has 0 heterocycles. The normalized spacial score (nSPS) is 8.06. The number of carboxylic acids is 4. The van der Waals surface area contributed by atoms with E-state index in [-0.39, 0.29) is 159 Å². The van der Waals surface area contributed by atoms with Gasteiger partial charge >= 0.3 is 110 Å². The van der Waals surface area contributed by atoms with E-state index in [1.807, 2.05) is 0 Å². The maximum Gasteiger partial charge on any atom is 4.00 e. The number of benzene rings is 4. The summed E-state index contributed by atoms with van der Waals surface area (Å²) >= 11 is 0. The molecule has 0 radical (unpaired) electrons. The van der Waals surface area contributed by atoms with Gasteiger partial charge in [0.05, 0.1) is 34.1 Å². The Bertz CT molecular complexity index is 1460. The van der Waals surface area contributed by atoms with Crippen LogP contribution < -0.4 is 51.1 Å². The molecule has 4 aromatic carbocycles. The molecule has 28 heteroatoms. The Kier molecular flexibility index (Phi) is 87.1. The minimum atomic E-state index is -1.75. The molecule has 0 saturated carbocycles. The van der Waals surface area contributed by atoms with Gasteiger partial charge < -0.3 is 111 Å². The number of hydrogen-bond acceptors (Lipinski definition) is 22. The monoisotopic (exact) mass is 1340 g/mol. The second-order valence-corrected chi connectivity index (χ2v) is 10.5. The fourth-order valence-electron chi connectivity index (χ4n) is 3.14. The van der Waals surface area contributed by atoms with Gasteiger partial charge in [0.15, 0.2) is 0 Å². The molecule has 4 rings (SSSR count). The van der Waals surface area contributed by atoms with Crippen LogP contribution >= 0.6 is 0 Å². The van der Waals surface area contributed by atoms with Crippen molar-refractivity contribution in [3.8, 4) is 0 Å². The molecule has 0 unspecified atom stereocenters. The second-order valence-electron chi connectivity index (χ2n) is 10.5. The van der Waals surface area contributed by atoms with Gasteiger partial charge in [-0.05, 0) is 62.5 Å². The third kappa shape index (κ3) is 74.0. The molecule has 0 aliphatic heterocycles. The summed E-state index contributed by atoms with van der Waals surface area (Å²) in [4.78, 5) is 60.3. The van der Waals surface area contributed by atoms with Crippen molar-refractivity contribution in [2.24, 2.45) is 0 Å². The van der Waals surface area contributed by atoms with Crippen molar-refractivity contribution in [1.82, 2.24) is 9.80 Å². The first-order valence-electron chi connectivity index (χ1n) is 17.5. The van der Waals surface area contributed by atoms with Crippen molar-refractivity contribution in [2.75, 3.05) is 80.9 Å². The molecule has 0 fully saturated rings. The summed E-state index contributed by atoms with van der Waals surface area (Å²) < 4.78 is 0. The molecule has 0 amide bonds. The molecule has 24 nitrogen and oxygen atoms in total. The van der Waals surface area contributed by atoms with Crippen LogP contribution in [0.25, 0.3) is 0 Å². The molecule has 4 aromatic rings. The molecule has 0 saturated heterocycles. The molecule has 380 valence electrons. The van der Waals surface area contributed by atoms with Gasteiger partial charge in [-0.3, -0.25) is 0 Å². The molecular weight excluding hydrogens is 1290 g/mol. The molecule has 0 bridgehead atoms. The Morgan fingerprint density at radius 1 is 0.382 bits per heavy atom. The average molecular weight is 1340 g/mol. The molecule has 0 N–H and O–H groups in total. The fraction of sp³-hybridized carbons (Fsp3) is 0.300. The standard InChI is InChI=1S/4C7H6O2.2C5H11NO2.2CH3O.2Cr.2Ho.2NO3/c4*8-7(9)6-4-2-1-3-5-6;2*1-6(2-4-7)3-5-8;2*1-2;;;;;2*2-1(3)4/h4*1-5H,(H,8,9);2*2-5H2,1H3;2*1H3;;;;;;/q;;;;2*-2;2*-1;2*+4;2*+3;2*-1/p-4. The molecular formula is C40H48Cr2Ho2N4O20+2. The number of carbonyl (C=O) groups excluding carboxylic acids is 4. The Morgan fingerprint density at radius 3 is 0.574 bits per heavy atom. The minimum absolute atomic E-state index is 0. The number of rotatable bonds is 12. The van der Waals surface area contributed by atoms with Crippen molar-refractivity contribution in [3.63, 3.8) is 0 Å². The molecule has 0 aromatic heterocycles.